The van der Waals surface area contributed by atoms with E-state index in [4.69, 9.17) is 13.4 Å². The lowest BCUT2D eigenvalue weighted by Gasteiger charge is -2.12. The monoisotopic (exact) mass is 286 g/mol. The van der Waals surface area contributed by atoms with Crippen LogP contribution < -0.4 is 5.32 Å². The second-order valence-electron chi connectivity index (χ2n) is 4.62. The van der Waals surface area contributed by atoms with Crippen LogP contribution in [0.2, 0.25) is 0 Å². The molecule has 3 rings (SSSR count). The maximum Gasteiger partial charge on any atom is 0.273 e. The number of hydrogen-bond donors (Lipinski definition) is 1. The summed E-state index contributed by atoms with van der Waals surface area (Å²) in [5, 5.41) is 6.49. The van der Waals surface area contributed by atoms with E-state index in [-0.39, 0.29) is 17.5 Å². The highest BCUT2D eigenvalue weighted by Crippen LogP contribution is 2.24. The summed E-state index contributed by atoms with van der Waals surface area (Å²) < 4.78 is 15.7. The highest BCUT2D eigenvalue weighted by Gasteiger charge is 2.21. The summed E-state index contributed by atoms with van der Waals surface area (Å²) in [5.74, 6) is 1.55. The van der Waals surface area contributed by atoms with Gasteiger partial charge in [0.1, 0.15) is 17.3 Å². The molecule has 108 valence electrons. The van der Waals surface area contributed by atoms with Crippen LogP contribution in [0.25, 0.3) is 0 Å². The number of nitrogens with one attached hydrogen (secondary N) is 1. The van der Waals surface area contributed by atoms with Crippen molar-refractivity contribution in [3.05, 3.63) is 65.8 Å². The van der Waals surface area contributed by atoms with Gasteiger partial charge in [0.05, 0.1) is 18.4 Å². The fraction of sp³-hybridized carbons (Fsp3) is 0.200. The fourth-order valence-electron chi connectivity index (χ4n) is 2.08. The molecule has 0 spiro atoms. The first-order valence-electron chi connectivity index (χ1n) is 6.52. The van der Waals surface area contributed by atoms with Crippen LogP contribution in [0.3, 0.4) is 0 Å². The molecule has 0 bridgehead atoms. The molecule has 0 unspecified atom stereocenters. The van der Waals surface area contributed by atoms with Gasteiger partial charge in [0.25, 0.3) is 5.91 Å². The van der Waals surface area contributed by atoms with Gasteiger partial charge in [-0.1, -0.05) is 5.16 Å². The smallest absolute Gasteiger partial charge is 0.273 e. The maximum atomic E-state index is 12.0. The van der Waals surface area contributed by atoms with Crippen molar-refractivity contribution >= 4 is 5.91 Å². The summed E-state index contributed by atoms with van der Waals surface area (Å²) in [5.41, 5.74) is 0.255. The van der Waals surface area contributed by atoms with Crippen LogP contribution in [0.4, 0.5) is 0 Å². The number of carbonyl (C=O) groups is 1. The van der Waals surface area contributed by atoms with Crippen molar-refractivity contribution in [1.82, 2.24) is 10.5 Å². The molecule has 1 amide bonds. The van der Waals surface area contributed by atoms with Gasteiger partial charge in [-0.3, -0.25) is 4.79 Å². The Balaban J connectivity index is 1.72. The topological polar surface area (TPSA) is 81.4 Å². The number of rotatable bonds is 5. The number of carbonyl (C=O) groups excluding carboxylic acids is 1. The van der Waals surface area contributed by atoms with Crippen LogP contribution in [0, 0.1) is 6.92 Å². The van der Waals surface area contributed by atoms with E-state index in [1.807, 2.05) is 12.1 Å². The van der Waals surface area contributed by atoms with E-state index in [2.05, 4.69) is 10.5 Å². The van der Waals surface area contributed by atoms with Gasteiger partial charge >= 0.3 is 0 Å². The third-order valence-corrected chi connectivity index (χ3v) is 3.10. The zero-order chi connectivity index (χ0) is 14.7. The molecule has 0 aliphatic heterocycles. The lowest BCUT2D eigenvalue weighted by atomic mass is 10.0. The van der Waals surface area contributed by atoms with E-state index in [1.165, 1.54) is 0 Å². The molecule has 21 heavy (non-hydrogen) atoms. The number of hydrogen-bond acceptors (Lipinski definition) is 5. The van der Waals surface area contributed by atoms with Crippen molar-refractivity contribution in [1.29, 1.82) is 0 Å². The summed E-state index contributed by atoms with van der Waals surface area (Å²) >= 11 is 0. The minimum Gasteiger partial charge on any atom is -0.469 e. The van der Waals surface area contributed by atoms with Crippen molar-refractivity contribution in [2.45, 2.75) is 12.8 Å². The predicted octanol–water partition coefficient (Wildman–Crippen LogP) is 2.73. The van der Waals surface area contributed by atoms with E-state index in [9.17, 15) is 4.79 Å². The SMILES string of the molecule is Cc1cc(C(=O)NCC(c2ccco2)c2ccco2)no1. The number of furan rings is 2. The lowest BCUT2D eigenvalue weighted by Crippen LogP contribution is -2.28. The van der Waals surface area contributed by atoms with Crippen molar-refractivity contribution in [3.63, 3.8) is 0 Å². The van der Waals surface area contributed by atoms with Gasteiger partial charge in [0.15, 0.2) is 5.69 Å². The van der Waals surface area contributed by atoms with Crippen LogP contribution in [-0.2, 0) is 0 Å². The first-order chi connectivity index (χ1) is 10.2. The summed E-state index contributed by atoms with van der Waals surface area (Å²) in [6, 6.07) is 8.88. The molecular weight excluding hydrogens is 272 g/mol. The summed E-state index contributed by atoms with van der Waals surface area (Å²) in [6.07, 6.45) is 3.18. The van der Waals surface area contributed by atoms with Gasteiger partial charge in [0.2, 0.25) is 0 Å². The van der Waals surface area contributed by atoms with Crippen LogP contribution in [0.5, 0.6) is 0 Å². The minimum atomic E-state index is -0.296. The van der Waals surface area contributed by atoms with Crippen molar-refractivity contribution < 1.29 is 18.2 Å². The zero-order valence-corrected chi connectivity index (χ0v) is 11.4. The fourth-order valence-corrected chi connectivity index (χ4v) is 2.08. The molecule has 0 aromatic carbocycles. The standard InChI is InChI=1S/C15H14N2O4/c1-10-8-12(17-21-10)15(18)16-9-11(13-4-2-6-19-13)14-5-3-7-20-14/h2-8,11H,9H2,1H3,(H,16,18). The second-order valence-corrected chi connectivity index (χ2v) is 4.62. The molecule has 0 aliphatic rings. The van der Waals surface area contributed by atoms with Gasteiger partial charge in [-0.25, -0.2) is 0 Å². The average molecular weight is 286 g/mol. The number of aryl methyl sites for hydroxylation is 1. The van der Waals surface area contributed by atoms with Crippen LogP contribution in [0.1, 0.15) is 33.7 Å². The largest absolute Gasteiger partial charge is 0.469 e. The number of nitrogens with zero attached hydrogens (tertiary/aromatic N) is 1. The van der Waals surface area contributed by atoms with Gasteiger partial charge in [-0.05, 0) is 31.2 Å². The second kappa shape index (κ2) is 5.70. The molecule has 3 heterocycles. The first kappa shape index (κ1) is 13.2. The van der Waals surface area contributed by atoms with Crippen LogP contribution in [-0.4, -0.2) is 17.6 Å². The summed E-state index contributed by atoms with van der Waals surface area (Å²) in [4.78, 5) is 12.0. The Morgan fingerprint density at radius 3 is 2.38 bits per heavy atom. The molecule has 0 saturated heterocycles. The molecule has 1 N–H and O–H groups in total. The van der Waals surface area contributed by atoms with E-state index >= 15 is 0 Å². The molecule has 0 aliphatic carbocycles. The quantitative estimate of drug-likeness (QED) is 0.780. The normalized spacial score (nSPS) is 11.0. The third-order valence-electron chi connectivity index (χ3n) is 3.10. The molecule has 3 aromatic heterocycles. The van der Waals surface area contributed by atoms with Gasteiger partial charge < -0.3 is 18.7 Å². The Morgan fingerprint density at radius 1 is 1.24 bits per heavy atom. The number of amides is 1. The Kier molecular flexibility index (Phi) is 3.59. The highest BCUT2D eigenvalue weighted by atomic mass is 16.5. The molecule has 6 nitrogen and oxygen atoms in total. The van der Waals surface area contributed by atoms with E-state index in [1.54, 1.807) is 37.6 Å². The number of aromatic nitrogens is 1. The molecule has 0 radical (unpaired) electrons. The first-order valence-corrected chi connectivity index (χ1v) is 6.52. The predicted molar refractivity (Wildman–Crippen MR) is 72.8 cm³/mol. The lowest BCUT2D eigenvalue weighted by molar-refractivity contribution is 0.0942. The van der Waals surface area contributed by atoms with Crippen molar-refractivity contribution in [3.8, 4) is 0 Å². The van der Waals surface area contributed by atoms with Crippen molar-refractivity contribution in [2.75, 3.05) is 6.54 Å². The summed E-state index contributed by atoms with van der Waals surface area (Å²) in [6.45, 7) is 2.07. The molecule has 0 fully saturated rings. The van der Waals surface area contributed by atoms with Gasteiger partial charge in [-0.2, -0.15) is 0 Å². The van der Waals surface area contributed by atoms with Crippen LogP contribution >= 0.6 is 0 Å². The minimum absolute atomic E-state index is 0.188. The Bertz CT molecular complexity index is 664. The highest BCUT2D eigenvalue weighted by molar-refractivity contribution is 5.92. The molecule has 0 atom stereocenters. The Morgan fingerprint density at radius 2 is 1.90 bits per heavy atom. The van der Waals surface area contributed by atoms with E-state index < -0.39 is 0 Å². The zero-order valence-electron chi connectivity index (χ0n) is 11.4. The maximum absolute atomic E-state index is 12.0. The Hall–Kier alpha value is -2.76. The molecule has 6 heteroatoms. The van der Waals surface area contributed by atoms with Crippen molar-refractivity contribution in [2.24, 2.45) is 0 Å². The van der Waals surface area contributed by atoms with Crippen LogP contribution in [0.15, 0.2) is 56.2 Å². The van der Waals surface area contributed by atoms with Gasteiger partial charge in [0, 0.05) is 12.6 Å². The van der Waals surface area contributed by atoms with E-state index in [0.29, 0.717) is 12.3 Å². The summed E-state index contributed by atoms with van der Waals surface area (Å²) in [7, 11) is 0. The van der Waals surface area contributed by atoms with E-state index in [0.717, 1.165) is 11.5 Å². The molecule has 0 saturated carbocycles. The average Bonchev–Trinajstić information content (AvgIpc) is 3.21. The molecule has 3 aromatic rings. The molecular formula is C15H14N2O4. The van der Waals surface area contributed by atoms with Gasteiger partial charge in [-0.15, -0.1) is 0 Å². The third kappa shape index (κ3) is 2.89. The Labute approximate surface area is 120 Å².